The van der Waals surface area contributed by atoms with Gasteiger partial charge in [0.25, 0.3) is 0 Å². The Balaban J connectivity index is 1.54. The van der Waals surface area contributed by atoms with Crippen molar-refractivity contribution in [3.05, 3.63) is 47.2 Å². The fourth-order valence-electron chi connectivity index (χ4n) is 3.20. The zero-order valence-corrected chi connectivity index (χ0v) is 18.7. The lowest BCUT2D eigenvalue weighted by atomic mass is 9.94. The minimum absolute atomic E-state index is 0.0590. The summed E-state index contributed by atoms with van der Waals surface area (Å²) in [4.78, 5) is 8.64. The van der Waals surface area contributed by atoms with Crippen LogP contribution in [0.15, 0.2) is 33.8 Å². The molecular formula is C23H34N4O3. The summed E-state index contributed by atoms with van der Waals surface area (Å²) in [7, 11) is 1.75. The van der Waals surface area contributed by atoms with Crippen molar-refractivity contribution >= 4 is 5.96 Å². The molecule has 0 bridgehead atoms. The van der Waals surface area contributed by atoms with Crippen LogP contribution in [0.1, 0.15) is 56.4 Å². The molecule has 1 aromatic heterocycles. The second-order valence-electron chi connectivity index (χ2n) is 8.70. The monoisotopic (exact) mass is 414 g/mol. The number of aryl methyl sites for hydroxylation is 1. The Morgan fingerprint density at radius 3 is 2.73 bits per heavy atom. The van der Waals surface area contributed by atoms with E-state index in [1.165, 1.54) is 5.56 Å². The van der Waals surface area contributed by atoms with Crippen LogP contribution in [0.25, 0.3) is 0 Å². The highest BCUT2D eigenvalue weighted by Gasteiger charge is 2.19. The molecule has 2 heterocycles. The molecule has 1 saturated heterocycles. The van der Waals surface area contributed by atoms with Gasteiger partial charge in [0, 0.05) is 31.2 Å². The van der Waals surface area contributed by atoms with Gasteiger partial charge in [-0.25, -0.2) is 4.98 Å². The van der Waals surface area contributed by atoms with Crippen molar-refractivity contribution in [2.45, 2.75) is 65.1 Å². The van der Waals surface area contributed by atoms with E-state index in [4.69, 9.17) is 13.9 Å². The van der Waals surface area contributed by atoms with Crippen LogP contribution < -0.4 is 15.4 Å². The predicted octanol–water partition coefficient (Wildman–Crippen LogP) is 3.70. The van der Waals surface area contributed by atoms with Crippen LogP contribution in [0.3, 0.4) is 0 Å². The highest BCUT2D eigenvalue weighted by Crippen LogP contribution is 2.23. The Morgan fingerprint density at radius 1 is 1.27 bits per heavy atom. The number of hydrogen-bond acceptors (Lipinski definition) is 5. The van der Waals surface area contributed by atoms with E-state index >= 15 is 0 Å². The molecule has 7 heteroatoms. The molecule has 7 nitrogen and oxygen atoms in total. The number of aliphatic imine (C=N–C) groups is 1. The summed E-state index contributed by atoms with van der Waals surface area (Å²) in [6.07, 6.45) is 4.16. The molecule has 2 N–H and O–H groups in total. The van der Waals surface area contributed by atoms with Gasteiger partial charge in [0.2, 0.25) is 5.89 Å². The van der Waals surface area contributed by atoms with Crippen LogP contribution in [0, 0.1) is 6.92 Å². The summed E-state index contributed by atoms with van der Waals surface area (Å²) in [5.41, 5.74) is 2.19. The van der Waals surface area contributed by atoms with Crippen LogP contribution in [0.4, 0.5) is 0 Å². The second kappa shape index (κ2) is 9.98. The molecule has 3 rings (SSSR count). The highest BCUT2D eigenvalue weighted by atomic mass is 16.5. The van der Waals surface area contributed by atoms with Gasteiger partial charge in [0.15, 0.2) is 5.96 Å². The van der Waals surface area contributed by atoms with Crippen molar-refractivity contribution in [3.63, 3.8) is 0 Å². The van der Waals surface area contributed by atoms with Crippen LogP contribution in [0.2, 0.25) is 0 Å². The Kier molecular flexibility index (Phi) is 7.37. The van der Waals surface area contributed by atoms with E-state index in [1.54, 1.807) is 13.2 Å². The van der Waals surface area contributed by atoms with E-state index in [-0.39, 0.29) is 11.5 Å². The van der Waals surface area contributed by atoms with Gasteiger partial charge in [-0.15, -0.1) is 0 Å². The quantitative estimate of drug-likeness (QED) is 0.531. The predicted molar refractivity (Wildman–Crippen MR) is 118 cm³/mol. The fourth-order valence-corrected chi connectivity index (χ4v) is 3.20. The van der Waals surface area contributed by atoms with Crippen molar-refractivity contribution < 1.29 is 13.9 Å². The molecule has 1 aromatic carbocycles. The van der Waals surface area contributed by atoms with Crippen LogP contribution in [0.5, 0.6) is 5.75 Å². The topological polar surface area (TPSA) is 80.9 Å². The lowest BCUT2D eigenvalue weighted by molar-refractivity contribution is 0.0676. The molecule has 1 aliphatic rings. The van der Waals surface area contributed by atoms with Gasteiger partial charge in [-0.1, -0.05) is 32.9 Å². The van der Waals surface area contributed by atoms with E-state index in [2.05, 4.69) is 66.5 Å². The zero-order chi connectivity index (χ0) is 21.6. The number of oxazole rings is 1. The number of nitrogens with one attached hydrogen (secondary N) is 2. The first-order valence-electron chi connectivity index (χ1n) is 10.6. The van der Waals surface area contributed by atoms with E-state index in [0.29, 0.717) is 31.5 Å². The third-order valence-corrected chi connectivity index (χ3v) is 5.04. The maximum absolute atomic E-state index is 6.08. The molecule has 0 saturated carbocycles. The van der Waals surface area contributed by atoms with Gasteiger partial charge < -0.3 is 24.5 Å². The van der Waals surface area contributed by atoms with Gasteiger partial charge >= 0.3 is 0 Å². The number of nitrogens with zero attached hydrogens (tertiary/aromatic N) is 2. The number of ether oxygens (including phenoxy) is 2. The molecular weight excluding hydrogens is 380 g/mol. The Labute approximate surface area is 179 Å². The van der Waals surface area contributed by atoms with Crippen LogP contribution in [-0.4, -0.2) is 37.3 Å². The zero-order valence-electron chi connectivity index (χ0n) is 18.7. The molecule has 1 aliphatic heterocycles. The largest absolute Gasteiger partial charge is 0.491 e. The number of aromatic nitrogens is 1. The summed E-state index contributed by atoms with van der Waals surface area (Å²) in [5, 5.41) is 6.59. The minimum Gasteiger partial charge on any atom is -0.491 e. The number of guanidine groups is 1. The first-order valence-corrected chi connectivity index (χ1v) is 10.6. The van der Waals surface area contributed by atoms with Gasteiger partial charge in [0.05, 0.1) is 18.8 Å². The number of hydrogen-bond donors (Lipinski definition) is 2. The molecule has 1 atom stereocenters. The average Bonchev–Trinajstić information content (AvgIpc) is 3.39. The molecule has 30 heavy (non-hydrogen) atoms. The standard InChI is InChI=1S/C23H34N4O3/c1-16-8-9-17(19(11-16)29-15-18-7-6-10-28-18)12-26-22(24-5)27-14-21-25-13-20(30-21)23(2,3)4/h8-9,11,13,18H,6-7,10,12,14-15H2,1-5H3,(H2,24,26,27). The maximum Gasteiger partial charge on any atom is 0.213 e. The molecule has 1 fully saturated rings. The minimum atomic E-state index is -0.0590. The lowest BCUT2D eigenvalue weighted by Crippen LogP contribution is -2.36. The van der Waals surface area contributed by atoms with E-state index in [1.807, 2.05) is 0 Å². The molecule has 0 amide bonds. The van der Waals surface area contributed by atoms with Crippen molar-refractivity contribution in [3.8, 4) is 5.75 Å². The summed E-state index contributed by atoms with van der Waals surface area (Å²) in [6.45, 7) is 10.9. The molecule has 164 valence electrons. The van der Waals surface area contributed by atoms with Crippen molar-refractivity contribution in [2.75, 3.05) is 20.3 Å². The van der Waals surface area contributed by atoms with Crippen molar-refractivity contribution in [1.29, 1.82) is 0 Å². The molecule has 1 unspecified atom stereocenters. The van der Waals surface area contributed by atoms with Gasteiger partial charge in [-0.05, 0) is 31.4 Å². The van der Waals surface area contributed by atoms with E-state index in [9.17, 15) is 0 Å². The third-order valence-electron chi connectivity index (χ3n) is 5.04. The van der Waals surface area contributed by atoms with Crippen molar-refractivity contribution in [2.24, 2.45) is 4.99 Å². The number of rotatable bonds is 7. The first-order chi connectivity index (χ1) is 14.3. The summed E-state index contributed by atoms with van der Waals surface area (Å²) in [6, 6.07) is 6.25. The Hall–Kier alpha value is -2.54. The number of benzene rings is 1. The Morgan fingerprint density at radius 2 is 2.07 bits per heavy atom. The van der Waals surface area contributed by atoms with Gasteiger partial charge in [-0.3, -0.25) is 4.99 Å². The fraction of sp³-hybridized carbons (Fsp3) is 0.565. The molecule has 2 aromatic rings. The first kappa shape index (κ1) is 22.2. The lowest BCUT2D eigenvalue weighted by Gasteiger charge is -2.17. The van der Waals surface area contributed by atoms with Crippen LogP contribution in [-0.2, 0) is 23.2 Å². The molecule has 0 aliphatic carbocycles. The second-order valence-corrected chi connectivity index (χ2v) is 8.70. The summed E-state index contributed by atoms with van der Waals surface area (Å²) in [5.74, 6) is 3.07. The van der Waals surface area contributed by atoms with Gasteiger partial charge in [0.1, 0.15) is 18.1 Å². The average molecular weight is 415 g/mol. The summed E-state index contributed by atoms with van der Waals surface area (Å²) >= 11 is 0. The van der Waals surface area contributed by atoms with E-state index in [0.717, 1.165) is 36.5 Å². The Bertz CT molecular complexity index is 848. The SMILES string of the molecule is CN=C(NCc1ncc(C(C)(C)C)o1)NCc1ccc(C)cc1OCC1CCCO1. The third kappa shape index (κ3) is 6.23. The normalized spacial score (nSPS) is 17.2. The van der Waals surface area contributed by atoms with E-state index < -0.39 is 0 Å². The summed E-state index contributed by atoms with van der Waals surface area (Å²) < 4.78 is 17.6. The smallest absolute Gasteiger partial charge is 0.213 e. The van der Waals surface area contributed by atoms with Crippen LogP contribution >= 0.6 is 0 Å². The molecule has 0 spiro atoms. The van der Waals surface area contributed by atoms with Crippen molar-refractivity contribution in [1.82, 2.24) is 15.6 Å². The maximum atomic E-state index is 6.08. The molecule has 0 radical (unpaired) electrons. The highest BCUT2D eigenvalue weighted by molar-refractivity contribution is 5.79. The van der Waals surface area contributed by atoms with Gasteiger partial charge in [-0.2, -0.15) is 0 Å².